The van der Waals surface area contributed by atoms with Crippen LogP contribution in [0, 0.1) is 13.8 Å². The lowest BCUT2D eigenvalue weighted by molar-refractivity contribution is 0.636. The molecule has 0 bridgehead atoms. The van der Waals surface area contributed by atoms with Crippen molar-refractivity contribution >= 4 is 21.9 Å². The van der Waals surface area contributed by atoms with Crippen molar-refractivity contribution in [2.75, 3.05) is 6.54 Å². The van der Waals surface area contributed by atoms with Crippen LogP contribution in [0.4, 0.5) is 0 Å². The lowest BCUT2D eigenvalue weighted by Crippen LogP contribution is -2.43. The molecule has 1 heterocycles. The van der Waals surface area contributed by atoms with Gasteiger partial charge in [-0.2, -0.15) is 5.10 Å². The lowest BCUT2D eigenvalue weighted by atomic mass is 10.1. The Morgan fingerprint density at radius 2 is 2.12 bits per heavy atom. The monoisotopic (exact) mass is 405 g/mol. The lowest BCUT2D eigenvalue weighted by Gasteiger charge is -2.18. The van der Waals surface area contributed by atoms with Crippen LogP contribution in [-0.4, -0.2) is 28.3 Å². The number of aliphatic imine (C=N–C) groups is 1. The number of nitrogens with one attached hydrogen (secondary N) is 2. The van der Waals surface area contributed by atoms with Crippen molar-refractivity contribution < 1.29 is 0 Å². The van der Waals surface area contributed by atoms with Gasteiger partial charge in [-0.15, -0.1) is 0 Å². The number of aromatic nitrogens is 2. The summed E-state index contributed by atoms with van der Waals surface area (Å²) in [6.45, 7) is 9.93. The Balaban J connectivity index is 2.03. The standard InChI is InChI=1S/C19H28BrN5/c1-6-21-19(22-12-16-8-7-9-17(20)11-16)23-13(2)10-18-14(3)24-25(5)15(18)4/h7-9,11,13H,6,10,12H2,1-5H3,(H2,21,22,23). The van der Waals surface area contributed by atoms with Gasteiger partial charge in [-0.25, -0.2) is 4.99 Å². The van der Waals surface area contributed by atoms with E-state index < -0.39 is 0 Å². The minimum atomic E-state index is 0.266. The van der Waals surface area contributed by atoms with Crippen LogP contribution < -0.4 is 10.6 Å². The highest BCUT2D eigenvalue weighted by atomic mass is 79.9. The Labute approximate surface area is 159 Å². The third kappa shape index (κ3) is 5.59. The summed E-state index contributed by atoms with van der Waals surface area (Å²) >= 11 is 3.51. The molecular formula is C19H28BrN5. The van der Waals surface area contributed by atoms with E-state index in [0.717, 1.165) is 29.1 Å². The Bertz CT molecular complexity index is 735. The molecule has 2 aromatic rings. The minimum absolute atomic E-state index is 0.266. The van der Waals surface area contributed by atoms with Gasteiger partial charge < -0.3 is 10.6 Å². The Kier molecular flexibility index (Phi) is 7.05. The highest BCUT2D eigenvalue weighted by Gasteiger charge is 2.14. The largest absolute Gasteiger partial charge is 0.357 e. The number of halogens is 1. The SMILES string of the molecule is CCNC(=NCc1cccc(Br)c1)NC(C)Cc1c(C)nn(C)c1C. The van der Waals surface area contributed by atoms with Gasteiger partial charge in [0, 0.05) is 29.8 Å². The van der Waals surface area contributed by atoms with Crippen molar-refractivity contribution in [3.05, 3.63) is 51.3 Å². The predicted molar refractivity (Wildman–Crippen MR) is 108 cm³/mol. The molecule has 6 heteroatoms. The average molecular weight is 406 g/mol. The first kappa shape index (κ1) is 19.5. The summed E-state index contributed by atoms with van der Waals surface area (Å²) in [6, 6.07) is 8.51. The molecule has 1 aromatic heterocycles. The molecule has 1 unspecified atom stereocenters. The fourth-order valence-electron chi connectivity index (χ4n) is 2.83. The molecule has 0 spiro atoms. The van der Waals surface area contributed by atoms with Crippen LogP contribution in [0.1, 0.15) is 36.4 Å². The summed E-state index contributed by atoms with van der Waals surface area (Å²) in [5.74, 6) is 0.842. The summed E-state index contributed by atoms with van der Waals surface area (Å²) in [4.78, 5) is 4.71. The topological polar surface area (TPSA) is 54.2 Å². The average Bonchev–Trinajstić information content (AvgIpc) is 2.79. The third-order valence-corrected chi connectivity index (χ3v) is 4.70. The second-order valence-electron chi connectivity index (χ2n) is 6.35. The van der Waals surface area contributed by atoms with E-state index in [-0.39, 0.29) is 6.04 Å². The maximum atomic E-state index is 4.71. The fraction of sp³-hybridized carbons (Fsp3) is 0.474. The van der Waals surface area contributed by atoms with Gasteiger partial charge in [0.25, 0.3) is 0 Å². The Morgan fingerprint density at radius 3 is 2.72 bits per heavy atom. The van der Waals surface area contributed by atoms with Crippen molar-refractivity contribution in [1.29, 1.82) is 0 Å². The second kappa shape index (κ2) is 9.04. The molecule has 2 N–H and O–H groups in total. The maximum Gasteiger partial charge on any atom is 0.191 e. The normalized spacial score (nSPS) is 13.0. The van der Waals surface area contributed by atoms with E-state index in [2.05, 4.69) is 71.5 Å². The highest BCUT2D eigenvalue weighted by molar-refractivity contribution is 9.10. The van der Waals surface area contributed by atoms with Crippen molar-refractivity contribution in [1.82, 2.24) is 20.4 Å². The molecule has 2 rings (SSSR count). The van der Waals surface area contributed by atoms with Crippen LogP contribution in [0.2, 0.25) is 0 Å². The van der Waals surface area contributed by atoms with Gasteiger partial charge in [0.2, 0.25) is 0 Å². The molecule has 0 saturated heterocycles. The van der Waals surface area contributed by atoms with Crippen LogP contribution in [0.3, 0.4) is 0 Å². The van der Waals surface area contributed by atoms with Gasteiger partial charge in [-0.3, -0.25) is 4.68 Å². The Morgan fingerprint density at radius 1 is 1.36 bits per heavy atom. The van der Waals surface area contributed by atoms with Crippen molar-refractivity contribution in [3.8, 4) is 0 Å². The zero-order chi connectivity index (χ0) is 18.4. The molecule has 0 aliphatic rings. The molecular weight excluding hydrogens is 378 g/mol. The maximum absolute atomic E-state index is 4.71. The summed E-state index contributed by atoms with van der Waals surface area (Å²) in [6.07, 6.45) is 0.923. The number of hydrogen-bond donors (Lipinski definition) is 2. The second-order valence-corrected chi connectivity index (χ2v) is 7.26. The zero-order valence-electron chi connectivity index (χ0n) is 15.7. The highest BCUT2D eigenvalue weighted by Crippen LogP contribution is 2.14. The molecule has 136 valence electrons. The van der Waals surface area contributed by atoms with Crippen LogP contribution in [0.5, 0.6) is 0 Å². The van der Waals surface area contributed by atoms with Gasteiger partial charge >= 0.3 is 0 Å². The summed E-state index contributed by atoms with van der Waals surface area (Å²) in [7, 11) is 1.99. The number of benzene rings is 1. The molecule has 0 saturated carbocycles. The van der Waals surface area contributed by atoms with E-state index in [4.69, 9.17) is 4.99 Å². The van der Waals surface area contributed by atoms with Gasteiger partial charge in [0.1, 0.15) is 0 Å². The van der Waals surface area contributed by atoms with Crippen LogP contribution in [0.25, 0.3) is 0 Å². The van der Waals surface area contributed by atoms with Crippen LogP contribution in [0.15, 0.2) is 33.7 Å². The van der Waals surface area contributed by atoms with Crippen LogP contribution in [-0.2, 0) is 20.0 Å². The van der Waals surface area contributed by atoms with E-state index in [1.807, 2.05) is 23.9 Å². The molecule has 1 aromatic carbocycles. The van der Waals surface area contributed by atoms with Crippen molar-refractivity contribution in [3.63, 3.8) is 0 Å². The Hall–Kier alpha value is -1.82. The number of guanidine groups is 1. The van der Waals surface area contributed by atoms with Gasteiger partial charge in [0.15, 0.2) is 5.96 Å². The molecule has 0 radical (unpaired) electrons. The number of nitrogens with zero attached hydrogens (tertiary/aromatic N) is 3. The molecule has 1 atom stereocenters. The summed E-state index contributed by atoms with van der Waals surface area (Å²) in [5, 5.41) is 11.3. The quantitative estimate of drug-likeness (QED) is 0.571. The van der Waals surface area contributed by atoms with E-state index >= 15 is 0 Å². The smallest absolute Gasteiger partial charge is 0.191 e. The molecule has 0 aliphatic heterocycles. The molecule has 25 heavy (non-hydrogen) atoms. The first-order valence-corrected chi connectivity index (χ1v) is 9.48. The van der Waals surface area contributed by atoms with Gasteiger partial charge in [-0.05, 0) is 57.4 Å². The van der Waals surface area contributed by atoms with E-state index in [1.165, 1.54) is 16.8 Å². The molecule has 0 aliphatic carbocycles. The number of rotatable bonds is 6. The summed E-state index contributed by atoms with van der Waals surface area (Å²) < 4.78 is 3.03. The molecule has 5 nitrogen and oxygen atoms in total. The predicted octanol–water partition coefficient (Wildman–Crippen LogP) is 3.49. The van der Waals surface area contributed by atoms with E-state index in [0.29, 0.717) is 6.54 Å². The number of aryl methyl sites for hydroxylation is 2. The van der Waals surface area contributed by atoms with Crippen molar-refractivity contribution in [2.45, 2.75) is 46.7 Å². The zero-order valence-corrected chi connectivity index (χ0v) is 17.3. The third-order valence-electron chi connectivity index (χ3n) is 4.21. The van der Waals surface area contributed by atoms with E-state index in [1.54, 1.807) is 0 Å². The first-order valence-electron chi connectivity index (χ1n) is 8.69. The first-order chi connectivity index (χ1) is 11.9. The van der Waals surface area contributed by atoms with Crippen LogP contribution >= 0.6 is 15.9 Å². The number of hydrogen-bond acceptors (Lipinski definition) is 2. The fourth-order valence-corrected chi connectivity index (χ4v) is 3.28. The van der Waals surface area contributed by atoms with E-state index in [9.17, 15) is 0 Å². The van der Waals surface area contributed by atoms with Gasteiger partial charge in [0.05, 0.1) is 12.2 Å². The van der Waals surface area contributed by atoms with Crippen molar-refractivity contribution in [2.24, 2.45) is 12.0 Å². The minimum Gasteiger partial charge on any atom is -0.357 e. The summed E-state index contributed by atoms with van der Waals surface area (Å²) in [5.41, 5.74) is 4.82. The van der Waals surface area contributed by atoms with Gasteiger partial charge in [-0.1, -0.05) is 28.1 Å². The molecule has 0 amide bonds. The molecule has 0 fully saturated rings.